The van der Waals surface area contributed by atoms with Gasteiger partial charge in [0.1, 0.15) is 11.2 Å². The van der Waals surface area contributed by atoms with Gasteiger partial charge >= 0.3 is 0 Å². The first kappa shape index (κ1) is 11.4. The standard InChI is InChI=1S/C18H15NO/c1-19(2)15-8-5-9-16-17(15)14-11-10-12-6-3-4-7-13(12)18(14)20-16/h3-11H,1-2H3. The van der Waals surface area contributed by atoms with E-state index in [-0.39, 0.29) is 0 Å². The van der Waals surface area contributed by atoms with Crippen molar-refractivity contribution in [3.8, 4) is 0 Å². The highest BCUT2D eigenvalue weighted by Gasteiger charge is 2.13. The molecule has 0 atom stereocenters. The van der Waals surface area contributed by atoms with Gasteiger partial charge in [-0.1, -0.05) is 36.4 Å². The molecule has 4 rings (SSSR count). The Bertz CT molecular complexity index is 934. The van der Waals surface area contributed by atoms with Gasteiger partial charge in [0.2, 0.25) is 0 Å². The fraction of sp³-hybridized carbons (Fsp3) is 0.111. The van der Waals surface area contributed by atoms with Crippen LogP contribution in [0, 0.1) is 0 Å². The van der Waals surface area contributed by atoms with Crippen molar-refractivity contribution >= 4 is 38.4 Å². The number of hydrogen-bond donors (Lipinski definition) is 0. The molecule has 1 aromatic heterocycles. The van der Waals surface area contributed by atoms with Gasteiger partial charge in [0.05, 0.1) is 5.39 Å². The average molecular weight is 261 g/mol. The maximum absolute atomic E-state index is 6.13. The lowest BCUT2D eigenvalue weighted by molar-refractivity contribution is 0.672. The molecule has 1 heterocycles. The zero-order valence-corrected chi connectivity index (χ0v) is 11.6. The van der Waals surface area contributed by atoms with Crippen molar-refractivity contribution in [1.29, 1.82) is 0 Å². The Morgan fingerprint density at radius 3 is 2.50 bits per heavy atom. The highest BCUT2D eigenvalue weighted by molar-refractivity contribution is 6.18. The minimum Gasteiger partial charge on any atom is -0.455 e. The molecule has 0 aliphatic heterocycles. The highest BCUT2D eigenvalue weighted by Crippen LogP contribution is 2.38. The van der Waals surface area contributed by atoms with E-state index in [1.165, 1.54) is 27.2 Å². The van der Waals surface area contributed by atoms with Gasteiger partial charge in [-0.25, -0.2) is 0 Å². The van der Waals surface area contributed by atoms with E-state index in [0.29, 0.717) is 0 Å². The lowest BCUT2D eigenvalue weighted by Gasteiger charge is -2.13. The van der Waals surface area contributed by atoms with Crippen LogP contribution >= 0.6 is 0 Å². The van der Waals surface area contributed by atoms with Gasteiger partial charge in [-0.2, -0.15) is 0 Å². The molecule has 20 heavy (non-hydrogen) atoms. The van der Waals surface area contributed by atoms with Gasteiger partial charge in [0.25, 0.3) is 0 Å². The Balaban J connectivity index is 2.26. The van der Waals surface area contributed by atoms with Gasteiger partial charge in [-0.15, -0.1) is 0 Å². The molecule has 4 aromatic rings. The van der Waals surface area contributed by atoms with Crippen molar-refractivity contribution in [1.82, 2.24) is 0 Å². The summed E-state index contributed by atoms with van der Waals surface area (Å²) < 4.78 is 6.13. The van der Waals surface area contributed by atoms with Gasteiger partial charge < -0.3 is 9.32 Å². The Morgan fingerprint density at radius 2 is 1.65 bits per heavy atom. The van der Waals surface area contributed by atoms with E-state index >= 15 is 0 Å². The van der Waals surface area contributed by atoms with E-state index in [0.717, 1.165) is 11.2 Å². The maximum atomic E-state index is 6.13. The van der Waals surface area contributed by atoms with E-state index in [1.54, 1.807) is 0 Å². The third kappa shape index (κ3) is 1.45. The molecule has 0 saturated carbocycles. The second kappa shape index (κ2) is 4.01. The van der Waals surface area contributed by atoms with E-state index in [9.17, 15) is 0 Å². The number of hydrogen-bond acceptors (Lipinski definition) is 2. The average Bonchev–Trinajstić information content (AvgIpc) is 2.86. The van der Waals surface area contributed by atoms with Gasteiger partial charge in [-0.05, 0) is 23.6 Å². The van der Waals surface area contributed by atoms with Crippen molar-refractivity contribution in [3.63, 3.8) is 0 Å². The van der Waals surface area contributed by atoms with Crippen LogP contribution in [0.1, 0.15) is 0 Å². The summed E-state index contributed by atoms with van der Waals surface area (Å²) in [6.07, 6.45) is 0. The highest BCUT2D eigenvalue weighted by atomic mass is 16.3. The van der Waals surface area contributed by atoms with Crippen LogP contribution in [0.25, 0.3) is 32.7 Å². The monoisotopic (exact) mass is 261 g/mol. The summed E-state index contributed by atoms with van der Waals surface area (Å²) in [6, 6.07) is 18.9. The molecule has 0 spiro atoms. The predicted molar refractivity (Wildman–Crippen MR) is 85.6 cm³/mol. The van der Waals surface area contributed by atoms with Crippen LogP contribution in [-0.4, -0.2) is 14.1 Å². The number of fused-ring (bicyclic) bond motifs is 5. The first-order valence-electron chi connectivity index (χ1n) is 6.76. The summed E-state index contributed by atoms with van der Waals surface area (Å²) >= 11 is 0. The first-order chi connectivity index (χ1) is 9.75. The van der Waals surface area contributed by atoms with Crippen LogP contribution < -0.4 is 4.90 Å². The second-order valence-corrected chi connectivity index (χ2v) is 5.31. The van der Waals surface area contributed by atoms with Crippen LogP contribution in [0.5, 0.6) is 0 Å². The molecule has 3 aromatic carbocycles. The molecule has 98 valence electrons. The fourth-order valence-corrected chi connectivity index (χ4v) is 2.91. The summed E-state index contributed by atoms with van der Waals surface area (Å²) in [5, 5.41) is 4.76. The normalized spacial score (nSPS) is 11.5. The molecule has 0 bridgehead atoms. The SMILES string of the molecule is CN(C)c1cccc2oc3c4ccccc4ccc3c12. The Labute approximate surface area is 117 Å². The quantitative estimate of drug-likeness (QED) is 0.489. The first-order valence-corrected chi connectivity index (χ1v) is 6.76. The van der Waals surface area contributed by atoms with Gasteiger partial charge in [-0.3, -0.25) is 0 Å². The lowest BCUT2D eigenvalue weighted by atomic mass is 10.1. The molecule has 2 heteroatoms. The molecule has 0 unspecified atom stereocenters. The maximum Gasteiger partial charge on any atom is 0.143 e. The minimum absolute atomic E-state index is 0.947. The molecule has 2 nitrogen and oxygen atoms in total. The molecule has 0 saturated heterocycles. The van der Waals surface area contributed by atoms with Crippen LogP contribution in [0.3, 0.4) is 0 Å². The van der Waals surface area contributed by atoms with Crippen LogP contribution in [0.4, 0.5) is 5.69 Å². The zero-order valence-electron chi connectivity index (χ0n) is 11.6. The zero-order chi connectivity index (χ0) is 13.7. The number of rotatable bonds is 1. The van der Waals surface area contributed by atoms with Gasteiger partial charge in [0, 0.05) is 30.6 Å². The van der Waals surface area contributed by atoms with Crippen molar-refractivity contribution < 1.29 is 4.42 Å². The van der Waals surface area contributed by atoms with Crippen LogP contribution in [0.2, 0.25) is 0 Å². The number of anilines is 1. The van der Waals surface area contributed by atoms with Crippen LogP contribution in [-0.2, 0) is 0 Å². The van der Waals surface area contributed by atoms with Crippen molar-refractivity contribution in [2.24, 2.45) is 0 Å². The topological polar surface area (TPSA) is 16.4 Å². The molecule has 0 radical (unpaired) electrons. The summed E-state index contributed by atoms with van der Waals surface area (Å²) in [7, 11) is 4.13. The van der Waals surface area contributed by atoms with E-state index < -0.39 is 0 Å². The summed E-state index contributed by atoms with van der Waals surface area (Å²) in [5.74, 6) is 0. The second-order valence-electron chi connectivity index (χ2n) is 5.31. The smallest absolute Gasteiger partial charge is 0.143 e. The largest absolute Gasteiger partial charge is 0.455 e. The number of furan rings is 1. The fourth-order valence-electron chi connectivity index (χ4n) is 2.91. The van der Waals surface area contributed by atoms with E-state index in [2.05, 4.69) is 61.5 Å². The molecule has 0 aliphatic carbocycles. The summed E-state index contributed by atoms with van der Waals surface area (Å²) in [5.41, 5.74) is 3.12. The molecular weight excluding hydrogens is 246 g/mol. The molecule has 0 aliphatic rings. The molecule has 0 amide bonds. The van der Waals surface area contributed by atoms with Crippen molar-refractivity contribution in [2.45, 2.75) is 0 Å². The molecule has 0 N–H and O–H groups in total. The van der Waals surface area contributed by atoms with Crippen molar-refractivity contribution in [2.75, 3.05) is 19.0 Å². The van der Waals surface area contributed by atoms with Crippen LogP contribution in [0.15, 0.2) is 59.0 Å². The minimum atomic E-state index is 0.947. The third-order valence-corrected chi connectivity index (χ3v) is 3.85. The summed E-state index contributed by atoms with van der Waals surface area (Å²) in [6.45, 7) is 0. The van der Waals surface area contributed by atoms with Crippen molar-refractivity contribution in [3.05, 3.63) is 54.6 Å². The third-order valence-electron chi connectivity index (χ3n) is 3.85. The number of nitrogens with zero attached hydrogens (tertiary/aromatic N) is 1. The summed E-state index contributed by atoms with van der Waals surface area (Å²) in [4.78, 5) is 2.13. The predicted octanol–water partition coefficient (Wildman–Crippen LogP) is 4.81. The Morgan fingerprint density at radius 1 is 0.800 bits per heavy atom. The molecule has 0 fully saturated rings. The van der Waals surface area contributed by atoms with Gasteiger partial charge in [0.15, 0.2) is 0 Å². The molecular formula is C18H15NO. The van der Waals surface area contributed by atoms with E-state index in [4.69, 9.17) is 4.42 Å². The Hall–Kier alpha value is -2.48. The lowest BCUT2D eigenvalue weighted by Crippen LogP contribution is -2.08. The number of benzene rings is 3. The Kier molecular flexibility index (Phi) is 2.27. The van der Waals surface area contributed by atoms with E-state index in [1.807, 2.05) is 12.1 Å².